The molecule has 100 valence electrons. The fourth-order valence-electron chi connectivity index (χ4n) is 1.38. The molecule has 0 aromatic carbocycles. The Balaban J connectivity index is 2.38. The second kappa shape index (κ2) is 7.66. The van der Waals surface area contributed by atoms with Gasteiger partial charge in [0, 0.05) is 32.9 Å². The van der Waals surface area contributed by atoms with Gasteiger partial charge in [0.05, 0.1) is 5.56 Å². The quantitative estimate of drug-likeness (QED) is 0.739. The predicted molar refractivity (Wildman–Crippen MR) is 70.9 cm³/mol. The van der Waals surface area contributed by atoms with Crippen LogP contribution in [0.15, 0.2) is 18.3 Å². The molecule has 0 bridgehead atoms. The molecule has 1 aromatic rings. The Morgan fingerprint density at radius 1 is 1.39 bits per heavy atom. The van der Waals surface area contributed by atoms with Gasteiger partial charge in [-0.25, -0.2) is 4.98 Å². The van der Waals surface area contributed by atoms with Crippen molar-refractivity contribution in [3.63, 3.8) is 0 Å². The fraction of sp³-hybridized carbons (Fsp3) is 0.538. The number of amides is 1. The first-order valence-electron chi connectivity index (χ1n) is 6.16. The number of carbonyl (C=O) groups excluding carboxylic acids is 1. The zero-order valence-electron chi connectivity index (χ0n) is 11.3. The Morgan fingerprint density at radius 2 is 2.17 bits per heavy atom. The molecule has 0 unspecified atom stereocenters. The lowest BCUT2D eigenvalue weighted by atomic mass is 10.2. The third kappa shape index (κ3) is 4.71. The van der Waals surface area contributed by atoms with E-state index >= 15 is 0 Å². The van der Waals surface area contributed by atoms with Crippen LogP contribution >= 0.6 is 0 Å². The van der Waals surface area contributed by atoms with E-state index in [4.69, 9.17) is 4.74 Å². The van der Waals surface area contributed by atoms with Gasteiger partial charge in [-0.05, 0) is 19.0 Å². The van der Waals surface area contributed by atoms with Crippen molar-refractivity contribution in [2.24, 2.45) is 0 Å². The van der Waals surface area contributed by atoms with E-state index in [1.807, 2.05) is 0 Å². The van der Waals surface area contributed by atoms with Crippen molar-refractivity contribution >= 4 is 5.91 Å². The van der Waals surface area contributed by atoms with E-state index in [0.29, 0.717) is 18.1 Å². The summed E-state index contributed by atoms with van der Waals surface area (Å²) in [6, 6.07) is 3.45. The predicted octanol–water partition coefficient (Wildman–Crippen LogP) is 1.16. The molecule has 0 atom stereocenters. The molecule has 18 heavy (non-hydrogen) atoms. The average molecular weight is 251 g/mol. The fourth-order valence-corrected chi connectivity index (χ4v) is 1.38. The highest BCUT2D eigenvalue weighted by Crippen LogP contribution is 2.08. The van der Waals surface area contributed by atoms with E-state index < -0.39 is 0 Å². The van der Waals surface area contributed by atoms with Gasteiger partial charge in [0.15, 0.2) is 0 Å². The van der Waals surface area contributed by atoms with Gasteiger partial charge in [-0.15, -0.1) is 0 Å². The summed E-state index contributed by atoms with van der Waals surface area (Å²) in [5.41, 5.74) is 0.566. The van der Waals surface area contributed by atoms with E-state index in [0.717, 1.165) is 19.5 Å². The first-order valence-corrected chi connectivity index (χ1v) is 6.16. The third-order valence-electron chi connectivity index (χ3n) is 2.35. The van der Waals surface area contributed by atoms with Crippen molar-refractivity contribution in [1.82, 2.24) is 15.2 Å². The van der Waals surface area contributed by atoms with Gasteiger partial charge in [-0.2, -0.15) is 0 Å². The Hall–Kier alpha value is -1.62. The van der Waals surface area contributed by atoms with E-state index in [2.05, 4.69) is 17.2 Å². The number of nitrogens with zero attached hydrogens (tertiary/aromatic N) is 2. The van der Waals surface area contributed by atoms with E-state index in [9.17, 15) is 4.79 Å². The number of ether oxygens (including phenoxy) is 1. The number of hydrogen-bond acceptors (Lipinski definition) is 4. The summed E-state index contributed by atoms with van der Waals surface area (Å²) in [5.74, 6) is 0.488. The Bertz CT molecular complexity index is 363. The van der Waals surface area contributed by atoms with Crippen LogP contribution < -0.4 is 10.1 Å². The molecule has 0 saturated heterocycles. The van der Waals surface area contributed by atoms with Crippen molar-refractivity contribution in [3.8, 4) is 5.88 Å². The zero-order valence-corrected chi connectivity index (χ0v) is 11.3. The molecule has 5 heteroatoms. The lowest BCUT2D eigenvalue weighted by Crippen LogP contribution is -2.22. The molecule has 1 heterocycles. The van der Waals surface area contributed by atoms with Crippen LogP contribution in [0.4, 0.5) is 0 Å². The highest BCUT2D eigenvalue weighted by atomic mass is 16.5. The maximum Gasteiger partial charge on any atom is 0.254 e. The summed E-state index contributed by atoms with van der Waals surface area (Å²) in [6.07, 6.45) is 2.65. The second-order valence-electron chi connectivity index (χ2n) is 4.18. The molecule has 1 aromatic heterocycles. The van der Waals surface area contributed by atoms with Crippen molar-refractivity contribution in [1.29, 1.82) is 0 Å². The monoisotopic (exact) mass is 251 g/mol. The molecule has 1 rings (SSSR count). The van der Waals surface area contributed by atoms with Crippen molar-refractivity contribution in [3.05, 3.63) is 23.9 Å². The summed E-state index contributed by atoms with van der Waals surface area (Å²) in [4.78, 5) is 17.2. The van der Waals surface area contributed by atoms with Crippen LogP contribution in [0.2, 0.25) is 0 Å². The molecule has 5 nitrogen and oxygen atoms in total. The lowest BCUT2D eigenvalue weighted by molar-refractivity contribution is 0.0827. The van der Waals surface area contributed by atoms with Crippen LogP contribution in [0.25, 0.3) is 0 Å². The summed E-state index contributed by atoms with van der Waals surface area (Å²) in [6.45, 7) is 4.49. The Morgan fingerprint density at radius 3 is 2.72 bits per heavy atom. The largest absolute Gasteiger partial charge is 0.476 e. The third-order valence-corrected chi connectivity index (χ3v) is 2.35. The smallest absolute Gasteiger partial charge is 0.254 e. The van der Waals surface area contributed by atoms with E-state index in [-0.39, 0.29) is 5.91 Å². The molecule has 0 saturated carbocycles. The number of hydrogen-bond donors (Lipinski definition) is 1. The lowest BCUT2D eigenvalue weighted by Gasteiger charge is -2.10. The van der Waals surface area contributed by atoms with Gasteiger partial charge < -0.3 is 15.0 Å². The number of pyridine rings is 1. The minimum Gasteiger partial charge on any atom is -0.476 e. The first-order chi connectivity index (χ1) is 8.65. The SMILES string of the molecule is CCCNCCOc1ccc(C(=O)N(C)C)cn1. The second-order valence-corrected chi connectivity index (χ2v) is 4.18. The number of rotatable bonds is 7. The maximum atomic E-state index is 11.6. The molecule has 0 aliphatic rings. The van der Waals surface area contributed by atoms with Crippen molar-refractivity contribution < 1.29 is 9.53 Å². The zero-order chi connectivity index (χ0) is 13.4. The number of nitrogens with one attached hydrogen (secondary N) is 1. The van der Waals surface area contributed by atoms with Crippen molar-refractivity contribution in [2.45, 2.75) is 13.3 Å². The van der Waals surface area contributed by atoms with E-state index in [1.54, 1.807) is 26.2 Å². The van der Waals surface area contributed by atoms with Gasteiger partial charge in [-0.1, -0.05) is 6.92 Å². The standard InChI is InChI=1S/C13H21N3O2/c1-4-7-14-8-9-18-12-6-5-11(10-15-12)13(17)16(2)3/h5-6,10,14H,4,7-9H2,1-3H3. The Kier molecular flexibility index (Phi) is 6.14. The minimum absolute atomic E-state index is 0.0568. The van der Waals surface area contributed by atoms with Crippen LogP contribution in [0.3, 0.4) is 0 Å². The van der Waals surface area contributed by atoms with Crippen LogP contribution in [-0.4, -0.2) is 49.6 Å². The highest BCUT2D eigenvalue weighted by Gasteiger charge is 2.08. The van der Waals surface area contributed by atoms with Crippen LogP contribution in [0.5, 0.6) is 5.88 Å². The Labute approximate surface area is 108 Å². The minimum atomic E-state index is -0.0568. The average Bonchev–Trinajstić information content (AvgIpc) is 2.38. The van der Waals surface area contributed by atoms with Gasteiger partial charge >= 0.3 is 0 Å². The van der Waals surface area contributed by atoms with Crippen LogP contribution in [-0.2, 0) is 0 Å². The first kappa shape index (κ1) is 14.4. The molecular weight excluding hydrogens is 230 g/mol. The molecule has 0 aliphatic carbocycles. The van der Waals surface area contributed by atoms with Crippen LogP contribution in [0.1, 0.15) is 23.7 Å². The molecule has 0 aliphatic heterocycles. The molecular formula is C13H21N3O2. The molecule has 0 fully saturated rings. The summed E-state index contributed by atoms with van der Waals surface area (Å²) in [5, 5.41) is 3.24. The summed E-state index contributed by atoms with van der Waals surface area (Å²) in [7, 11) is 3.43. The molecule has 0 radical (unpaired) electrons. The normalized spacial score (nSPS) is 10.2. The molecule has 1 amide bonds. The summed E-state index contributed by atoms with van der Waals surface area (Å²) >= 11 is 0. The molecule has 0 spiro atoms. The topological polar surface area (TPSA) is 54.5 Å². The van der Waals surface area contributed by atoms with E-state index in [1.165, 1.54) is 11.1 Å². The highest BCUT2D eigenvalue weighted by molar-refractivity contribution is 5.93. The maximum absolute atomic E-state index is 11.6. The summed E-state index contributed by atoms with van der Waals surface area (Å²) < 4.78 is 5.45. The van der Waals surface area contributed by atoms with Crippen LogP contribution in [0, 0.1) is 0 Å². The number of carbonyl (C=O) groups is 1. The van der Waals surface area contributed by atoms with Crippen molar-refractivity contribution in [2.75, 3.05) is 33.8 Å². The molecule has 1 N–H and O–H groups in total. The van der Waals surface area contributed by atoms with Gasteiger partial charge in [-0.3, -0.25) is 4.79 Å². The van der Waals surface area contributed by atoms with Gasteiger partial charge in [0.1, 0.15) is 6.61 Å². The van der Waals surface area contributed by atoms with Gasteiger partial charge in [0.2, 0.25) is 5.88 Å². The van der Waals surface area contributed by atoms with Gasteiger partial charge in [0.25, 0.3) is 5.91 Å². The number of aromatic nitrogens is 1.